The van der Waals surface area contributed by atoms with E-state index in [2.05, 4.69) is 6.07 Å². The molecule has 0 aliphatic carbocycles. The fraction of sp³-hybridized carbons (Fsp3) is 0.350. The summed E-state index contributed by atoms with van der Waals surface area (Å²) in [5.74, 6) is 0.792. The number of hydrogen-bond donors (Lipinski definition) is 1. The Morgan fingerprint density at radius 2 is 1.84 bits per heavy atom. The second kappa shape index (κ2) is 8.13. The standard InChI is InChI=1S/C20H22N2O3/c21-14-20(15-23)16-25-19(13-24-18-9-5-2-6-10-18)12-22(20)11-17-7-3-1-4-8-17/h1-10,19,23H,11-13,15-16H2/t19-,20-/m1/s1. The Labute approximate surface area is 148 Å². The van der Waals surface area contributed by atoms with E-state index in [9.17, 15) is 10.4 Å². The van der Waals surface area contributed by atoms with Crippen molar-refractivity contribution < 1.29 is 14.6 Å². The van der Waals surface area contributed by atoms with Crippen LogP contribution in [0.15, 0.2) is 60.7 Å². The summed E-state index contributed by atoms with van der Waals surface area (Å²) in [5, 5.41) is 19.4. The van der Waals surface area contributed by atoms with Crippen LogP contribution in [0, 0.1) is 11.3 Å². The lowest BCUT2D eigenvalue weighted by molar-refractivity contribution is -0.119. The van der Waals surface area contributed by atoms with E-state index >= 15 is 0 Å². The molecule has 0 aromatic heterocycles. The average Bonchev–Trinajstić information content (AvgIpc) is 2.68. The van der Waals surface area contributed by atoms with E-state index in [1.54, 1.807) is 0 Å². The maximum Gasteiger partial charge on any atom is 0.156 e. The fourth-order valence-electron chi connectivity index (χ4n) is 2.93. The molecule has 0 bridgehead atoms. The molecular formula is C20H22N2O3. The molecule has 1 fully saturated rings. The van der Waals surface area contributed by atoms with E-state index in [1.165, 1.54) is 0 Å². The molecule has 0 spiro atoms. The third-order valence-corrected chi connectivity index (χ3v) is 4.45. The van der Waals surface area contributed by atoms with E-state index < -0.39 is 5.54 Å². The minimum Gasteiger partial charge on any atom is -0.491 e. The van der Waals surface area contributed by atoms with Crippen LogP contribution in [0.4, 0.5) is 0 Å². The summed E-state index contributed by atoms with van der Waals surface area (Å²) >= 11 is 0. The van der Waals surface area contributed by atoms with Gasteiger partial charge in [0.25, 0.3) is 0 Å². The predicted molar refractivity (Wildman–Crippen MR) is 94.0 cm³/mol. The molecule has 3 rings (SSSR count). The zero-order valence-electron chi connectivity index (χ0n) is 14.0. The Hall–Kier alpha value is -2.39. The number of morpholine rings is 1. The molecule has 2 atom stereocenters. The molecule has 2 aromatic rings. The lowest BCUT2D eigenvalue weighted by Crippen LogP contribution is -2.61. The van der Waals surface area contributed by atoms with Crippen LogP contribution < -0.4 is 4.74 Å². The molecular weight excluding hydrogens is 316 g/mol. The van der Waals surface area contributed by atoms with Gasteiger partial charge in [-0.3, -0.25) is 4.90 Å². The average molecular weight is 338 g/mol. The van der Waals surface area contributed by atoms with Crippen molar-refractivity contribution in [1.82, 2.24) is 4.90 Å². The van der Waals surface area contributed by atoms with Gasteiger partial charge >= 0.3 is 0 Å². The molecule has 5 nitrogen and oxygen atoms in total. The first-order valence-electron chi connectivity index (χ1n) is 8.36. The Balaban J connectivity index is 1.68. The van der Waals surface area contributed by atoms with Gasteiger partial charge in [-0.15, -0.1) is 0 Å². The summed E-state index contributed by atoms with van der Waals surface area (Å²) in [6.07, 6.45) is -0.156. The summed E-state index contributed by atoms with van der Waals surface area (Å²) in [7, 11) is 0. The molecule has 130 valence electrons. The van der Waals surface area contributed by atoms with Crippen molar-refractivity contribution in [3.05, 3.63) is 66.2 Å². The molecule has 1 heterocycles. The highest BCUT2D eigenvalue weighted by Gasteiger charge is 2.42. The third kappa shape index (κ3) is 4.18. The maximum absolute atomic E-state index is 9.81. The van der Waals surface area contributed by atoms with E-state index in [1.807, 2.05) is 65.6 Å². The SMILES string of the molecule is N#C[C@@]1(CO)CO[C@@H](COc2ccccc2)CN1Cc1ccccc1. The van der Waals surface area contributed by atoms with Crippen molar-refractivity contribution in [1.29, 1.82) is 5.26 Å². The first kappa shape index (κ1) is 17.4. The largest absolute Gasteiger partial charge is 0.491 e. The summed E-state index contributed by atoms with van der Waals surface area (Å²) in [4.78, 5) is 1.99. The van der Waals surface area contributed by atoms with Crippen LogP contribution in [-0.2, 0) is 11.3 Å². The topological polar surface area (TPSA) is 65.7 Å². The number of nitrogens with zero attached hydrogens (tertiary/aromatic N) is 2. The number of aliphatic hydroxyl groups is 1. The van der Waals surface area contributed by atoms with E-state index in [0.717, 1.165) is 11.3 Å². The van der Waals surface area contributed by atoms with Gasteiger partial charge in [0.1, 0.15) is 18.5 Å². The lowest BCUT2D eigenvalue weighted by atomic mass is 9.97. The van der Waals surface area contributed by atoms with Crippen LogP contribution >= 0.6 is 0 Å². The smallest absolute Gasteiger partial charge is 0.156 e. The number of hydrogen-bond acceptors (Lipinski definition) is 5. The van der Waals surface area contributed by atoms with Crippen LogP contribution in [0.25, 0.3) is 0 Å². The van der Waals surface area contributed by atoms with Crippen molar-refractivity contribution in [3.63, 3.8) is 0 Å². The number of benzene rings is 2. The van der Waals surface area contributed by atoms with Crippen molar-refractivity contribution in [2.45, 2.75) is 18.2 Å². The van der Waals surface area contributed by atoms with Gasteiger partial charge in [0.2, 0.25) is 0 Å². The maximum atomic E-state index is 9.81. The number of rotatable bonds is 6. The molecule has 0 saturated carbocycles. The van der Waals surface area contributed by atoms with Crippen molar-refractivity contribution >= 4 is 0 Å². The van der Waals surface area contributed by atoms with Crippen molar-refractivity contribution in [3.8, 4) is 11.8 Å². The molecule has 1 saturated heterocycles. The Morgan fingerprint density at radius 3 is 2.48 bits per heavy atom. The lowest BCUT2D eigenvalue weighted by Gasteiger charge is -2.44. The van der Waals surface area contributed by atoms with E-state index in [0.29, 0.717) is 19.7 Å². The van der Waals surface area contributed by atoms with Crippen LogP contribution in [0.5, 0.6) is 5.75 Å². The van der Waals surface area contributed by atoms with Gasteiger partial charge < -0.3 is 14.6 Å². The summed E-state index contributed by atoms with van der Waals surface area (Å²) in [6, 6.07) is 21.8. The molecule has 1 N–H and O–H groups in total. The summed E-state index contributed by atoms with van der Waals surface area (Å²) < 4.78 is 11.6. The number of ether oxygens (including phenoxy) is 2. The van der Waals surface area contributed by atoms with Gasteiger partial charge in [-0.1, -0.05) is 48.5 Å². The van der Waals surface area contributed by atoms with Crippen LogP contribution in [-0.4, -0.2) is 48.0 Å². The third-order valence-electron chi connectivity index (χ3n) is 4.45. The Kier molecular flexibility index (Phi) is 5.67. The van der Waals surface area contributed by atoms with Gasteiger partial charge in [0, 0.05) is 13.1 Å². The van der Waals surface area contributed by atoms with E-state index in [-0.39, 0.29) is 19.3 Å². The van der Waals surface area contributed by atoms with Crippen LogP contribution in [0.2, 0.25) is 0 Å². The van der Waals surface area contributed by atoms with Crippen molar-refractivity contribution in [2.75, 3.05) is 26.4 Å². The summed E-state index contributed by atoms with van der Waals surface area (Å²) in [6.45, 7) is 1.41. The molecule has 0 radical (unpaired) electrons. The van der Waals surface area contributed by atoms with Crippen LogP contribution in [0.3, 0.4) is 0 Å². The normalized spacial score (nSPS) is 23.8. The van der Waals surface area contributed by atoms with E-state index in [4.69, 9.17) is 9.47 Å². The number of para-hydroxylation sites is 1. The quantitative estimate of drug-likeness (QED) is 0.875. The summed E-state index contributed by atoms with van der Waals surface area (Å²) in [5.41, 5.74) is 0.0826. The molecule has 1 aliphatic heterocycles. The van der Waals surface area contributed by atoms with Gasteiger partial charge in [0.15, 0.2) is 5.54 Å². The van der Waals surface area contributed by atoms with Gasteiger partial charge in [-0.2, -0.15) is 5.26 Å². The molecule has 5 heteroatoms. The highest BCUT2D eigenvalue weighted by molar-refractivity contribution is 5.21. The zero-order valence-corrected chi connectivity index (χ0v) is 14.0. The molecule has 0 unspecified atom stereocenters. The van der Waals surface area contributed by atoms with Gasteiger partial charge in [0.05, 0.1) is 19.3 Å². The Bertz CT molecular complexity index is 702. The first-order valence-corrected chi connectivity index (χ1v) is 8.36. The molecule has 25 heavy (non-hydrogen) atoms. The Morgan fingerprint density at radius 1 is 1.16 bits per heavy atom. The second-order valence-electron chi connectivity index (χ2n) is 6.22. The highest BCUT2D eigenvalue weighted by Crippen LogP contribution is 2.25. The molecule has 2 aromatic carbocycles. The number of aliphatic hydroxyl groups excluding tert-OH is 1. The minimum atomic E-state index is -1.01. The second-order valence-corrected chi connectivity index (χ2v) is 6.22. The zero-order chi connectivity index (χ0) is 17.5. The van der Waals surface area contributed by atoms with Crippen molar-refractivity contribution in [2.24, 2.45) is 0 Å². The first-order chi connectivity index (χ1) is 12.3. The monoisotopic (exact) mass is 338 g/mol. The molecule has 1 aliphatic rings. The predicted octanol–water partition coefficient (Wildman–Crippen LogP) is 2.22. The van der Waals surface area contributed by atoms with Gasteiger partial charge in [-0.25, -0.2) is 0 Å². The van der Waals surface area contributed by atoms with Gasteiger partial charge in [-0.05, 0) is 17.7 Å². The number of nitriles is 1. The van der Waals surface area contributed by atoms with Crippen LogP contribution in [0.1, 0.15) is 5.56 Å². The molecule has 0 amide bonds. The highest BCUT2D eigenvalue weighted by atomic mass is 16.5. The fourth-order valence-corrected chi connectivity index (χ4v) is 2.93. The minimum absolute atomic E-state index is 0.156.